The number of ether oxygens (including phenoxy) is 2. The Labute approximate surface area is 135 Å². The number of nitrogens with zero attached hydrogens (tertiary/aromatic N) is 1. The number of rotatable bonds is 2. The molecule has 0 radical (unpaired) electrons. The van der Waals surface area contributed by atoms with Crippen molar-refractivity contribution in [1.82, 2.24) is 9.72 Å². The fourth-order valence-corrected chi connectivity index (χ4v) is 3.81. The van der Waals surface area contributed by atoms with Crippen molar-refractivity contribution < 1.29 is 14.3 Å². The first-order valence-electron chi connectivity index (χ1n) is 8.28. The highest BCUT2D eigenvalue weighted by molar-refractivity contribution is 5.96. The minimum absolute atomic E-state index is 0.0190. The standard InChI is InChI=1S/C18H22N2O3/c1-13-3-2-7-20-12-14(11-15(13)20)17(21)19-16-4-8-23-18(16)5-9-22-10-6-18/h2-3,7,11-12,16H,4-6,8-10H2,1H3,(H,19,21). The zero-order chi connectivity index (χ0) is 15.9. The van der Waals surface area contributed by atoms with Gasteiger partial charge in [-0.05, 0) is 31.0 Å². The molecule has 0 aromatic carbocycles. The highest BCUT2D eigenvalue weighted by atomic mass is 16.5. The molecular weight excluding hydrogens is 292 g/mol. The summed E-state index contributed by atoms with van der Waals surface area (Å²) < 4.78 is 13.5. The van der Waals surface area contributed by atoms with Crippen LogP contribution in [0.15, 0.2) is 30.6 Å². The van der Waals surface area contributed by atoms with E-state index in [9.17, 15) is 4.79 Å². The maximum atomic E-state index is 12.7. The first-order valence-corrected chi connectivity index (χ1v) is 8.28. The molecule has 2 saturated heterocycles. The maximum Gasteiger partial charge on any atom is 0.253 e. The molecule has 1 atom stereocenters. The zero-order valence-corrected chi connectivity index (χ0v) is 13.4. The highest BCUT2D eigenvalue weighted by Crippen LogP contribution is 2.35. The molecule has 2 aromatic heterocycles. The number of pyridine rings is 1. The van der Waals surface area contributed by atoms with E-state index in [1.165, 1.54) is 0 Å². The lowest BCUT2D eigenvalue weighted by molar-refractivity contribution is -0.0872. The Morgan fingerprint density at radius 2 is 2.17 bits per heavy atom. The molecule has 2 fully saturated rings. The van der Waals surface area contributed by atoms with Gasteiger partial charge in [-0.1, -0.05) is 6.07 Å². The van der Waals surface area contributed by atoms with Crippen molar-refractivity contribution in [3.8, 4) is 0 Å². The predicted molar refractivity (Wildman–Crippen MR) is 86.7 cm³/mol. The van der Waals surface area contributed by atoms with Gasteiger partial charge in [0, 0.05) is 50.6 Å². The van der Waals surface area contributed by atoms with Crippen LogP contribution in [0.25, 0.3) is 5.52 Å². The van der Waals surface area contributed by atoms with Crippen LogP contribution >= 0.6 is 0 Å². The summed E-state index contributed by atoms with van der Waals surface area (Å²) in [5.74, 6) is -0.0190. The minimum atomic E-state index is -0.233. The number of hydrogen-bond acceptors (Lipinski definition) is 3. The second kappa shape index (κ2) is 5.65. The fraction of sp³-hybridized carbons (Fsp3) is 0.500. The second-order valence-corrected chi connectivity index (χ2v) is 6.55. The highest BCUT2D eigenvalue weighted by Gasteiger charge is 2.46. The zero-order valence-electron chi connectivity index (χ0n) is 13.4. The second-order valence-electron chi connectivity index (χ2n) is 6.55. The summed E-state index contributed by atoms with van der Waals surface area (Å²) in [5.41, 5.74) is 2.70. The van der Waals surface area contributed by atoms with Crippen LogP contribution in [-0.4, -0.2) is 41.8 Å². The molecule has 1 spiro atoms. The summed E-state index contributed by atoms with van der Waals surface area (Å²) in [7, 11) is 0. The van der Waals surface area contributed by atoms with E-state index in [0.29, 0.717) is 25.4 Å². The number of fused-ring (bicyclic) bond motifs is 1. The Balaban J connectivity index is 1.55. The van der Waals surface area contributed by atoms with E-state index >= 15 is 0 Å². The van der Waals surface area contributed by atoms with Crippen molar-refractivity contribution in [2.45, 2.75) is 37.8 Å². The molecule has 1 amide bonds. The Morgan fingerprint density at radius 1 is 1.35 bits per heavy atom. The van der Waals surface area contributed by atoms with Crippen LogP contribution < -0.4 is 5.32 Å². The van der Waals surface area contributed by atoms with Crippen molar-refractivity contribution in [1.29, 1.82) is 0 Å². The first kappa shape index (κ1) is 14.7. The Morgan fingerprint density at radius 3 is 2.96 bits per heavy atom. The summed E-state index contributed by atoms with van der Waals surface area (Å²) in [6.07, 6.45) is 6.45. The molecular formula is C18H22N2O3. The van der Waals surface area contributed by atoms with Crippen LogP contribution in [0.3, 0.4) is 0 Å². The summed E-state index contributed by atoms with van der Waals surface area (Å²) >= 11 is 0. The number of amides is 1. The fourth-order valence-electron chi connectivity index (χ4n) is 3.81. The summed E-state index contributed by atoms with van der Waals surface area (Å²) in [5, 5.41) is 3.20. The largest absolute Gasteiger partial charge is 0.381 e. The molecule has 2 aliphatic heterocycles. The monoisotopic (exact) mass is 314 g/mol. The number of carbonyl (C=O) groups excluding carboxylic acids is 1. The first-order chi connectivity index (χ1) is 11.2. The molecule has 1 N–H and O–H groups in total. The van der Waals surface area contributed by atoms with E-state index in [0.717, 1.165) is 30.3 Å². The molecule has 5 nitrogen and oxygen atoms in total. The molecule has 122 valence electrons. The van der Waals surface area contributed by atoms with Crippen molar-refractivity contribution in [2.75, 3.05) is 19.8 Å². The molecule has 2 aromatic rings. The van der Waals surface area contributed by atoms with E-state index in [-0.39, 0.29) is 17.6 Å². The van der Waals surface area contributed by atoms with Crippen molar-refractivity contribution in [3.05, 3.63) is 41.7 Å². The van der Waals surface area contributed by atoms with Gasteiger partial charge in [0.1, 0.15) is 0 Å². The number of carbonyl (C=O) groups is 1. The third kappa shape index (κ3) is 2.54. The molecule has 2 aliphatic rings. The van der Waals surface area contributed by atoms with Gasteiger partial charge in [0.2, 0.25) is 0 Å². The predicted octanol–water partition coefficient (Wildman–Crippen LogP) is 2.32. The average molecular weight is 314 g/mol. The molecule has 0 bridgehead atoms. The Bertz CT molecular complexity index is 731. The van der Waals surface area contributed by atoms with Gasteiger partial charge < -0.3 is 19.2 Å². The molecule has 23 heavy (non-hydrogen) atoms. The lowest BCUT2D eigenvalue weighted by Crippen LogP contribution is -2.52. The van der Waals surface area contributed by atoms with Crippen molar-refractivity contribution >= 4 is 11.4 Å². The number of hydrogen-bond donors (Lipinski definition) is 1. The Kier molecular flexibility index (Phi) is 3.62. The van der Waals surface area contributed by atoms with Gasteiger partial charge in [-0.3, -0.25) is 4.79 Å². The molecule has 4 heterocycles. The van der Waals surface area contributed by atoms with E-state index in [1.54, 1.807) is 0 Å². The van der Waals surface area contributed by atoms with Crippen LogP contribution in [-0.2, 0) is 9.47 Å². The van der Waals surface area contributed by atoms with E-state index < -0.39 is 0 Å². The molecule has 1 unspecified atom stereocenters. The van der Waals surface area contributed by atoms with Crippen LogP contribution in [0, 0.1) is 6.92 Å². The van der Waals surface area contributed by atoms with Gasteiger partial charge in [0.05, 0.1) is 17.2 Å². The van der Waals surface area contributed by atoms with E-state index in [4.69, 9.17) is 9.47 Å². The SMILES string of the molecule is Cc1cccn2cc(C(=O)NC3CCOC34CCOCC4)cc12. The van der Waals surface area contributed by atoms with Crippen molar-refractivity contribution in [3.63, 3.8) is 0 Å². The van der Waals surface area contributed by atoms with Crippen LogP contribution in [0.1, 0.15) is 35.2 Å². The van der Waals surface area contributed by atoms with Gasteiger partial charge in [-0.15, -0.1) is 0 Å². The van der Waals surface area contributed by atoms with E-state index in [2.05, 4.69) is 18.3 Å². The van der Waals surface area contributed by atoms with Gasteiger partial charge in [-0.2, -0.15) is 0 Å². The summed E-state index contributed by atoms with van der Waals surface area (Å²) in [6.45, 7) is 4.18. The van der Waals surface area contributed by atoms with Crippen LogP contribution in [0.4, 0.5) is 0 Å². The van der Waals surface area contributed by atoms with Crippen LogP contribution in [0.5, 0.6) is 0 Å². The number of aryl methyl sites for hydroxylation is 1. The molecule has 4 rings (SSSR count). The van der Waals surface area contributed by atoms with Gasteiger partial charge >= 0.3 is 0 Å². The van der Waals surface area contributed by atoms with Gasteiger partial charge in [0.15, 0.2) is 0 Å². The lowest BCUT2D eigenvalue weighted by atomic mass is 9.86. The molecule has 0 aliphatic carbocycles. The third-order valence-electron chi connectivity index (χ3n) is 5.18. The smallest absolute Gasteiger partial charge is 0.253 e. The lowest BCUT2D eigenvalue weighted by Gasteiger charge is -2.37. The molecule has 5 heteroatoms. The topological polar surface area (TPSA) is 52.0 Å². The van der Waals surface area contributed by atoms with Gasteiger partial charge in [0.25, 0.3) is 5.91 Å². The Hall–Kier alpha value is -1.85. The van der Waals surface area contributed by atoms with E-state index in [1.807, 2.05) is 28.9 Å². The summed E-state index contributed by atoms with van der Waals surface area (Å²) in [6, 6.07) is 6.07. The average Bonchev–Trinajstić information content (AvgIpc) is 3.14. The number of aromatic nitrogens is 1. The van der Waals surface area contributed by atoms with Crippen LogP contribution in [0.2, 0.25) is 0 Å². The minimum Gasteiger partial charge on any atom is -0.381 e. The van der Waals surface area contributed by atoms with Crippen molar-refractivity contribution in [2.24, 2.45) is 0 Å². The normalized spacial score (nSPS) is 23.4. The van der Waals surface area contributed by atoms with Gasteiger partial charge in [-0.25, -0.2) is 0 Å². The maximum absolute atomic E-state index is 12.7. The third-order valence-corrected chi connectivity index (χ3v) is 5.18. The number of nitrogens with one attached hydrogen (secondary N) is 1. The quantitative estimate of drug-likeness (QED) is 0.925. The summed E-state index contributed by atoms with van der Waals surface area (Å²) in [4.78, 5) is 12.7. The molecule has 0 saturated carbocycles.